The fourth-order valence-electron chi connectivity index (χ4n) is 1.50. The van der Waals surface area contributed by atoms with Gasteiger partial charge in [-0.3, -0.25) is 0 Å². The van der Waals surface area contributed by atoms with Crippen LogP contribution in [0.5, 0.6) is 0 Å². The molecule has 0 spiro atoms. The van der Waals surface area contributed by atoms with Crippen molar-refractivity contribution < 1.29 is 17.9 Å². The molecule has 1 saturated heterocycles. The first-order chi connectivity index (χ1) is 7.39. The van der Waals surface area contributed by atoms with Crippen LogP contribution in [0, 0.1) is 5.82 Å². The monoisotopic (exact) mass is 246 g/mol. The molecule has 1 fully saturated rings. The number of rotatable bonds is 2. The van der Waals surface area contributed by atoms with Gasteiger partial charge in [-0.1, -0.05) is 0 Å². The molecule has 3 N–H and O–H groups in total. The molecule has 7 heteroatoms. The molecule has 0 bridgehead atoms. The lowest BCUT2D eigenvalue weighted by Gasteiger charge is -2.34. The molecule has 1 aliphatic heterocycles. The summed E-state index contributed by atoms with van der Waals surface area (Å²) in [5, 5.41) is 9.03. The van der Waals surface area contributed by atoms with Gasteiger partial charge in [-0.15, -0.1) is 0 Å². The van der Waals surface area contributed by atoms with Gasteiger partial charge in [0.25, 0.3) is 0 Å². The van der Waals surface area contributed by atoms with Gasteiger partial charge < -0.3 is 10.8 Å². The number of nitrogen functional groups attached to an aromatic ring is 1. The van der Waals surface area contributed by atoms with E-state index in [1.807, 2.05) is 0 Å². The third-order valence-electron chi connectivity index (χ3n) is 2.36. The number of nitrogens with zero attached hydrogens (tertiary/aromatic N) is 1. The molecule has 88 valence electrons. The summed E-state index contributed by atoms with van der Waals surface area (Å²) in [6, 6.07) is 3.16. The summed E-state index contributed by atoms with van der Waals surface area (Å²) < 4.78 is 37.8. The SMILES string of the molecule is Nc1cc(F)cc(S(=O)(=O)N2CC(O)C2)c1. The number of nitrogens with two attached hydrogens (primary N) is 1. The normalized spacial score (nSPS) is 18.4. The fraction of sp³-hybridized carbons (Fsp3) is 0.333. The minimum atomic E-state index is -3.73. The predicted octanol–water partition coefficient (Wildman–Crippen LogP) is -0.227. The Kier molecular flexibility index (Phi) is 2.61. The van der Waals surface area contributed by atoms with Gasteiger partial charge in [0, 0.05) is 18.8 Å². The molecular weight excluding hydrogens is 235 g/mol. The zero-order valence-electron chi connectivity index (χ0n) is 8.30. The second-order valence-corrected chi connectivity index (χ2v) is 5.63. The van der Waals surface area contributed by atoms with Crippen molar-refractivity contribution in [1.29, 1.82) is 0 Å². The van der Waals surface area contributed by atoms with Gasteiger partial charge in [0.15, 0.2) is 0 Å². The van der Waals surface area contributed by atoms with Crippen molar-refractivity contribution in [2.24, 2.45) is 0 Å². The molecule has 1 aliphatic rings. The third-order valence-corrected chi connectivity index (χ3v) is 4.17. The average molecular weight is 246 g/mol. The van der Waals surface area contributed by atoms with E-state index >= 15 is 0 Å². The topological polar surface area (TPSA) is 83.6 Å². The Morgan fingerprint density at radius 2 is 2.00 bits per heavy atom. The van der Waals surface area contributed by atoms with Crippen molar-refractivity contribution >= 4 is 15.7 Å². The molecule has 2 rings (SSSR count). The van der Waals surface area contributed by atoms with Crippen LogP contribution in [-0.4, -0.2) is 37.0 Å². The second-order valence-electron chi connectivity index (χ2n) is 3.70. The number of hydrogen-bond acceptors (Lipinski definition) is 4. The molecule has 1 aromatic carbocycles. The number of β-amino-alcohol motifs (C(OH)–C–C–N with tert-alkyl or cyclic N) is 1. The lowest BCUT2D eigenvalue weighted by molar-refractivity contribution is 0.0548. The lowest BCUT2D eigenvalue weighted by Crippen LogP contribution is -2.53. The van der Waals surface area contributed by atoms with Crippen molar-refractivity contribution in [2.45, 2.75) is 11.0 Å². The molecule has 0 aromatic heterocycles. The van der Waals surface area contributed by atoms with E-state index in [1.54, 1.807) is 0 Å². The first-order valence-corrected chi connectivity index (χ1v) is 6.08. The Balaban J connectivity index is 2.36. The molecular formula is C9H11FN2O3S. The van der Waals surface area contributed by atoms with E-state index < -0.39 is 21.9 Å². The van der Waals surface area contributed by atoms with Crippen molar-refractivity contribution in [3.8, 4) is 0 Å². The van der Waals surface area contributed by atoms with E-state index in [2.05, 4.69) is 0 Å². The summed E-state index contributed by atoms with van der Waals surface area (Å²) in [5.74, 6) is -0.695. The van der Waals surface area contributed by atoms with E-state index in [0.29, 0.717) is 0 Å². The van der Waals surface area contributed by atoms with Gasteiger partial charge in [-0.2, -0.15) is 4.31 Å². The van der Waals surface area contributed by atoms with Crippen molar-refractivity contribution in [3.63, 3.8) is 0 Å². The van der Waals surface area contributed by atoms with Crippen LogP contribution in [0.4, 0.5) is 10.1 Å². The largest absolute Gasteiger partial charge is 0.399 e. The average Bonchev–Trinajstić information content (AvgIpc) is 2.11. The molecule has 0 atom stereocenters. The molecule has 0 saturated carbocycles. The fourth-order valence-corrected chi connectivity index (χ4v) is 3.08. The van der Waals surface area contributed by atoms with Crippen LogP contribution < -0.4 is 5.73 Å². The number of sulfonamides is 1. The second kappa shape index (κ2) is 3.69. The molecule has 1 heterocycles. The molecule has 0 amide bonds. The van der Waals surface area contributed by atoms with Gasteiger partial charge >= 0.3 is 0 Å². The summed E-state index contributed by atoms with van der Waals surface area (Å²) in [7, 11) is -3.73. The van der Waals surface area contributed by atoms with Crippen LogP contribution in [0.1, 0.15) is 0 Å². The van der Waals surface area contributed by atoms with Crippen LogP contribution >= 0.6 is 0 Å². The van der Waals surface area contributed by atoms with Gasteiger partial charge in [-0.25, -0.2) is 12.8 Å². The van der Waals surface area contributed by atoms with Gasteiger partial charge in [0.1, 0.15) is 5.82 Å². The number of hydrogen-bond donors (Lipinski definition) is 2. The van der Waals surface area contributed by atoms with E-state index in [-0.39, 0.29) is 23.7 Å². The minimum absolute atomic E-state index is 0.0404. The van der Waals surface area contributed by atoms with Gasteiger partial charge in [-0.05, 0) is 18.2 Å². The minimum Gasteiger partial charge on any atom is -0.399 e. The van der Waals surface area contributed by atoms with E-state index in [0.717, 1.165) is 16.4 Å². The molecule has 0 radical (unpaired) electrons. The number of aliphatic hydroxyl groups excluding tert-OH is 1. The standard InChI is InChI=1S/C9H11FN2O3S/c10-6-1-7(11)3-9(2-6)16(14,15)12-4-8(13)5-12/h1-3,8,13H,4-5,11H2. The highest BCUT2D eigenvalue weighted by atomic mass is 32.2. The summed E-state index contributed by atoms with van der Waals surface area (Å²) >= 11 is 0. The first-order valence-electron chi connectivity index (χ1n) is 4.64. The Labute approximate surface area is 92.3 Å². The highest BCUT2D eigenvalue weighted by Crippen LogP contribution is 2.23. The zero-order valence-corrected chi connectivity index (χ0v) is 9.11. The van der Waals surface area contributed by atoms with Gasteiger partial charge in [0.2, 0.25) is 10.0 Å². The van der Waals surface area contributed by atoms with Crippen LogP contribution in [0.15, 0.2) is 23.1 Å². The quantitative estimate of drug-likeness (QED) is 0.706. The van der Waals surface area contributed by atoms with Crippen LogP contribution in [0.25, 0.3) is 0 Å². The molecule has 0 aliphatic carbocycles. The van der Waals surface area contributed by atoms with Crippen molar-refractivity contribution in [2.75, 3.05) is 18.8 Å². The van der Waals surface area contributed by atoms with Crippen LogP contribution in [-0.2, 0) is 10.0 Å². The number of halogens is 1. The number of aliphatic hydroxyl groups is 1. The maximum atomic E-state index is 13.0. The summed E-state index contributed by atoms with van der Waals surface area (Å²) in [5.41, 5.74) is 5.43. The van der Waals surface area contributed by atoms with Crippen molar-refractivity contribution in [3.05, 3.63) is 24.0 Å². The molecule has 16 heavy (non-hydrogen) atoms. The molecule has 1 aromatic rings. The first kappa shape index (κ1) is 11.3. The molecule has 0 unspecified atom stereocenters. The predicted molar refractivity (Wildman–Crippen MR) is 55.6 cm³/mol. The maximum absolute atomic E-state index is 13.0. The van der Waals surface area contributed by atoms with E-state index in [4.69, 9.17) is 10.8 Å². The Morgan fingerprint density at radius 3 is 2.50 bits per heavy atom. The van der Waals surface area contributed by atoms with Crippen LogP contribution in [0.3, 0.4) is 0 Å². The highest BCUT2D eigenvalue weighted by Gasteiger charge is 2.35. The Morgan fingerprint density at radius 1 is 1.38 bits per heavy atom. The Hall–Kier alpha value is -1.18. The summed E-state index contributed by atoms with van der Waals surface area (Å²) in [6.07, 6.45) is -0.638. The van der Waals surface area contributed by atoms with Gasteiger partial charge in [0.05, 0.1) is 11.0 Å². The van der Waals surface area contributed by atoms with E-state index in [9.17, 15) is 12.8 Å². The summed E-state index contributed by atoms with van der Waals surface area (Å²) in [6.45, 7) is 0.0809. The number of anilines is 1. The van der Waals surface area contributed by atoms with Crippen molar-refractivity contribution in [1.82, 2.24) is 4.31 Å². The number of benzene rings is 1. The lowest BCUT2D eigenvalue weighted by atomic mass is 10.2. The zero-order chi connectivity index (χ0) is 11.9. The van der Waals surface area contributed by atoms with Crippen LogP contribution in [0.2, 0.25) is 0 Å². The third kappa shape index (κ3) is 1.89. The smallest absolute Gasteiger partial charge is 0.243 e. The maximum Gasteiger partial charge on any atom is 0.243 e. The molecule has 5 nitrogen and oxygen atoms in total. The van der Waals surface area contributed by atoms with E-state index in [1.165, 1.54) is 6.07 Å². The summed E-state index contributed by atoms with van der Waals surface area (Å²) in [4.78, 5) is -0.183. The highest BCUT2D eigenvalue weighted by molar-refractivity contribution is 7.89. The Bertz CT molecular complexity index is 491.